The van der Waals surface area contributed by atoms with E-state index in [0.717, 1.165) is 0 Å². The zero-order valence-corrected chi connectivity index (χ0v) is 9.08. The molecular weight excluding hydrogens is 216 g/mol. The molecule has 0 aromatic rings. The first-order chi connectivity index (χ1) is 7.91. The van der Waals surface area contributed by atoms with Crippen LogP contribution in [0.5, 0.6) is 0 Å². The van der Waals surface area contributed by atoms with Crippen molar-refractivity contribution in [2.75, 3.05) is 39.6 Å². The zero-order valence-electron chi connectivity index (χ0n) is 9.08. The molecule has 0 fully saturated rings. The maximum atomic E-state index is 8.39. The average molecular weight is 234 g/mol. The number of aliphatic hydroxyl groups excluding tert-OH is 2. The molecule has 0 aliphatic rings. The van der Waals surface area contributed by atoms with Gasteiger partial charge in [-0.25, -0.2) is 0 Å². The second kappa shape index (κ2) is 13.8. The van der Waals surface area contributed by atoms with Crippen LogP contribution in [0, 0.1) is 0 Å². The third kappa shape index (κ3) is 12.8. The van der Waals surface area contributed by atoms with Crippen molar-refractivity contribution in [2.24, 2.45) is 0 Å². The molecule has 2 N–H and O–H groups in total. The van der Waals surface area contributed by atoms with Crippen LogP contribution in [0.4, 0.5) is 0 Å². The monoisotopic (exact) mass is 234 g/mol. The lowest BCUT2D eigenvalue weighted by atomic mass is 10.7. The van der Waals surface area contributed by atoms with Gasteiger partial charge in [0.25, 0.3) is 0 Å². The summed E-state index contributed by atoms with van der Waals surface area (Å²) in [6, 6.07) is 0. The first-order valence-corrected chi connectivity index (χ1v) is 4.90. The normalized spacial score (nSPS) is 11.1. The van der Waals surface area contributed by atoms with E-state index in [1.54, 1.807) is 0 Å². The quantitative estimate of drug-likeness (QED) is 0.386. The van der Waals surface area contributed by atoms with Crippen LogP contribution in [0.3, 0.4) is 0 Å². The van der Waals surface area contributed by atoms with Crippen LogP contribution in [-0.2, 0) is 18.9 Å². The first kappa shape index (κ1) is 14.8. The summed E-state index contributed by atoms with van der Waals surface area (Å²) in [7, 11) is 0. The van der Waals surface area contributed by atoms with E-state index in [-0.39, 0.29) is 19.8 Å². The Balaban J connectivity index is 3.12. The lowest BCUT2D eigenvalue weighted by Gasteiger charge is -2.01. The molecule has 0 aromatic carbocycles. The second-order valence-corrected chi connectivity index (χ2v) is 2.48. The van der Waals surface area contributed by atoms with Gasteiger partial charge in [-0.05, 0) is 0 Å². The van der Waals surface area contributed by atoms with Gasteiger partial charge >= 0.3 is 0 Å². The Bertz CT molecular complexity index is 180. The third-order valence-electron chi connectivity index (χ3n) is 1.25. The van der Waals surface area contributed by atoms with Gasteiger partial charge in [0.2, 0.25) is 0 Å². The maximum Gasteiger partial charge on any atom is 0.125 e. The Kier molecular flexibility index (Phi) is 12.7. The Morgan fingerprint density at radius 3 is 1.94 bits per heavy atom. The Labute approximate surface area is 94.7 Å². The van der Waals surface area contributed by atoms with E-state index in [9.17, 15) is 0 Å². The molecule has 0 saturated carbocycles. The molecule has 0 heterocycles. The number of hydrogen-bond acceptors (Lipinski definition) is 6. The van der Waals surface area contributed by atoms with Crippen LogP contribution in [-0.4, -0.2) is 49.9 Å². The van der Waals surface area contributed by atoms with Crippen molar-refractivity contribution in [3.8, 4) is 0 Å². The van der Waals surface area contributed by atoms with Crippen molar-refractivity contribution in [3.63, 3.8) is 0 Å². The molecule has 0 atom stereocenters. The van der Waals surface area contributed by atoms with Crippen molar-refractivity contribution in [1.29, 1.82) is 0 Å². The van der Waals surface area contributed by atoms with Crippen LogP contribution in [0.15, 0.2) is 25.0 Å². The topological polar surface area (TPSA) is 77.4 Å². The SMILES string of the molecule is OCCO/C=C/O/C=C\OCCOCCO. The van der Waals surface area contributed by atoms with Gasteiger partial charge in [0.05, 0.1) is 26.4 Å². The molecular formula is C10H18O6. The molecule has 0 unspecified atom stereocenters. The highest BCUT2D eigenvalue weighted by Crippen LogP contribution is 1.85. The van der Waals surface area contributed by atoms with Gasteiger partial charge < -0.3 is 29.2 Å². The van der Waals surface area contributed by atoms with E-state index in [2.05, 4.69) is 0 Å². The standard InChI is InChI=1S/C10H18O6/c11-1-3-13-5-7-15-9-10-16-8-6-14-4-2-12/h5,7,9-12H,1-4,6,8H2/b7-5+,10-9-. The van der Waals surface area contributed by atoms with Crippen LogP contribution < -0.4 is 0 Å². The highest BCUT2D eigenvalue weighted by atomic mass is 16.5. The lowest BCUT2D eigenvalue weighted by Crippen LogP contribution is -2.04. The van der Waals surface area contributed by atoms with Crippen LogP contribution in [0.2, 0.25) is 0 Å². The van der Waals surface area contributed by atoms with Gasteiger partial charge in [0.15, 0.2) is 0 Å². The van der Waals surface area contributed by atoms with Crippen molar-refractivity contribution in [2.45, 2.75) is 0 Å². The van der Waals surface area contributed by atoms with E-state index >= 15 is 0 Å². The zero-order chi connectivity index (χ0) is 11.9. The predicted octanol–water partition coefficient (Wildman–Crippen LogP) is -0.0202. The molecule has 6 nitrogen and oxygen atoms in total. The van der Waals surface area contributed by atoms with Crippen LogP contribution in [0.1, 0.15) is 0 Å². The summed E-state index contributed by atoms with van der Waals surface area (Å²) in [6.45, 7) is 1.34. The van der Waals surface area contributed by atoms with Gasteiger partial charge in [-0.1, -0.05) is 0 Å². The van der Waals surface area contributed by atoms with Gasteiger partial charge in [-0.3, -0.25) is 0 Å². The van der Waals surface area contributed by atoms with Crippen molar-refractivity contribution in [1.82, 2.24) is 0 Å². The van der Waals surface area contributed by atoms with E-state index in [4.69, 9.17) is 29.2 Å². The Hall–Kier alpha value is -1.24. The summed E-state index contributed by atoms with van der Waals surface area (Å²) in [6.07, 6.45) is 5.35. The Morgan fingerprint density at radius 2 is 1.31 bits per heavy atom. The minimum atomic E-state index is -0.0306. The molecule has 0 spiro atoms. The molecule has 94 valence electrons. The van der Waals surface area contributed by atoms with Crippen LogP contribution in [0.25, 0.3) is 0 Å². The molecule has 0 rings (SSSR count). The number of ether oxygens (including phenoxy) is 4. The molecule has 0 amide bonds. The largest absolute Gasteiger partial charge is 0.496 e. The molecule has 0 aliphatic carbocycles. The summed E-state index contributed by atoms with van der Waals surface area (Å²) in [5, 5.41) is 16.8. The van der Waals surface area contributed by atoms with Gasteiger partial charge in [-0.15, -0.1) is 0 Å². The lowest BCUT2D eigenvalue weighted by molar-refractivity contribution is 0.0590. The van der Waals surface area contributed by atoms with Crippen molar-refractivity contribution in [3.05, 3.63) is 25.0 Å². The first-order valence-electron chi connectivity index (χ1n) is 4.90. The summed E-state index contributed by atoms with van der Waals surface area (Å²) < 4.78 is 19.5. The third-order valence-corrected chi connectivity index (χ3v) is 1.25. The number of aliphatic hydroxyl groups is 2. The van der Waals surface area contributed by atoms with E-state index in [1.807, 2.05) is 0 Å². The van der Waals surface area contributed by atoms with Gasteiger partial charge in [-0.2, -0.15) is 0 Å². The number of rotatable bonds is 11. The predicted molar refractivity (Wildman–Crippen MR) is 56.3 cm³/mol. The fraction of sp³-hybridized carbons (Fsp3) is 0.600. The van der Waals surface area contributed by atoms with Gasteiger partial charge in [0, 0.05) is 0 Å². The van der Waals surface area contributed by atoms with Gasteiger partial charge in [0.1, 0.15) is 38.3 Å². The summed E-state index contributed by atoms with van der Waals surface area (Å²) in [5.74, 6) is 0. The number of hydrogen-bond donors (Lipinski definition) is 2. The van der Waals surface area contributed by atoms with Crippen molar-refractivity contribution < 1.29 is 29.2 Å². The molecule has 0 bridgehead atoms. The highest BCUT2D eigenvalue weighted by Gasteiger charge is 1.84. The second-order valence-electron chi connectivity index (χ2n) is 2.48. The highest BCUT2D eigenvalue weighted by molar-refractivity contribution is 4.69. The van der Waals surface area contributed by atoms with E-state index < -0.39 is 0 Å². The summed E-state index contributed by atoms with van der Waals surface area (Å²) >= 11 is 0. The smallest absolute Gasteiger partial charge is 0.125 e. The molecule has 0 saturated heterocycles. The molecule has 0 aliphatic heterocycles. The molecule has 0 radical (unpaired) electrons. The average Bonchev–Trinajstić information content (AvgIpc) is 2.31. The fourth-order valence-corrected chi connectivity index (χ4v) is 0.651. The van der Waals surface area contributed by atoms with Crippen LogP contribution >= 0.6 is 0 Å². The minimum Gasteiger partial charge on any atom is -0.496 e. The molecule has 0 aromatic heterocycles. The summed E-state index contributed by atoms with van der Waals surface area (Å²) in [5.41, 5.74) is 0. The maximum absolute atomic E-state index is 8.39. The fourth-order valence-electron chi connectivity index (χ4n) is 0.651. The van der Waals surface area contributed by atoms with E-state index in [1.165, 1.54) is 25.0 Å². The molecule has 16 heavy (non-hydrogen) atoms. The van der Waals surface area contributed by atoms with Crippen molar-refractivity contribution >= 4 is 0 Å². The van der Waals surface area contributed by atoms with E-state index in [0.29, 0.717) is 19.8 Å². The molecule has 6 heteroatoms. The Morgan fingerprint density at radius 1 is 0.688 bits per heavy atom. The summed E-state index contributed by atoms with van der Waals surface area (Å²) in [4.78, 5) is 0. The minimum absolute atomic E-state index is 0.0115.